The summed E-state index contributed by atoms with van der Waals surface area (Å²) in [5, 5.41) is 5.27. The smallest absolute Gasteiger partial charge is 0.262 e. The van der Waals surface area contributed by atoms with Gasteiger partial charge in [0, 0.05) is 16.9 Å². The molecule has 2 aromatic carbocycles. The van der Waals surface area contributed by atoms with Crippen LogP contribution < -0.4 is 14.8 Å². The van der Waals surface area contributed by atoms with E-state index in [1.807, 2.05) is 5.38 Å². The number of para-hydroxylation sites is 2. The van der Waals surface area contributed by atoms with Crippen LogP contribution in [-0.2, 0) is 10.0 Å². The van der Waals surface area contributed by atoms with Crippen molar-refractivity contribution in [3.63, 3.8) is 0 Å². The molecule has 2 N–H and O–H groups in total. The second-order valence-electron chi connectivity index (χ2n) is 6.64. The van der Waals surface area contributed by atoms with Crippen molar-refractivity contribution in [3.05, 3.63) is 65.2 Å². The lowest BCUT2D eigenvalue weighted by Crippen LogP contribution is -2.15. The fourth-order valence-corrected chi connectivity index (χ4v) is 4.66. The Morgan fingerprint density at radius 2 is 1.86 bits per heavy atom. The number of ether oxygens (including phenoxy) is 1. The average Bonchev–Trinajstić information content (AvgIpc) is 3.47. The first-order valence-corrected chi connectivity index (χ1v) is 11.4. The van der Waals surface area contributed by atoms with E-state index in [1.54, 1.807) is 24.3 Å². The van der Waals surface area contributed by atoms with E-state index in [-0.39, 0.29) is 10.8 Å². The third-order valence-electron chi connectivity index (χ3n) is 4.52. The molecule has 9 heteroatoms. The van der Waals surface area contributed by atoms with Gasteiger partial charge in [-0.05, 0) is 49.2 Å². The molecule has 0 atom stereocenters. The van der Waals surface area contributed by atoms with Gasteiger partial charge in [-0.3, -0.25) is 14.8 Å². The number of hydrogen-bond acceptors (Lipinski definition) is 6. The summed E-state index contributed by atoms with van der Waals surface area (Å²) in [7, 11) is -2.35. The lowest BCUT2D eigenvalue weighted by Gasteiger charge is -2.12. The quantitative estimate of drug-likeness (QED) is 0.590. The highest BCUT2D eigenvalue weighted by Crippen LogP contribution is 2.40. The number of sulfonamides is 1. The Kier molecular flexibility index (Phi) is 5.25. The predicted octanol–water partition coefficient (Wildman–Crippen LogP) is 4.08. The predicted molar refractivity (Wildman–Crippen MR) is 112 cm³/mol. The van der Waals surface area contributed by atoms with Crippen LogP contribution in [0.15, 0.2) is 58.8 Å². The molecule has 1 fully saturated rings. The van der Waals surface area contributed by atoms with Gasteiger partial charge in [-0.1, -0.05) is 12.1 Å². The molecule has 4 rings (SSSR count). The minimum atomic E-state index is -3.82. The van der Waals surface area contributed by atoms with Crippen molar-refractivity contribution in [1.82, 2.24) is 4.98 Å². The van der Waals surface area contributed by atoms with Crippen LogP contribution in [0.3, 0.4) is 0 Å². The number of aromatic nitrogens is 1. The summed E-state index contributed by atoms with van der Waals surface area (Å²) in [6.07, 6.45) is 2.30. The first-order valence-electron chi connectivity index (χ1n) is 8.99. The molecule has 0 unspecified atom stereocenters. The molecule has 1 saturated carbocycles. The van der Waals surface area contributed by atoms with Gasteiger partial charge in [0.25, 0.3) is 15.9 Å². The van der Waals surface area contributed by atoms with Gasteiger partial charge in [-0.15, -0.1) is 11.3 Å². The highest BCUT2D eigenvalue weighted by atomic mass is 32.2. The van der Waals surface area contributed by atoms with E-state index < -0.39 is 10.0 Å². The number of anilines is 2. The van der Waals surface area contributed by atoms with Crippen LogP contribution >= 0.6 is 11.3 Å². The number of benzene rings is 2. The van der Waals surface area contributed by atoms with E-state index in [4.69, 9.17) is 4.74 Å². The van der Waals surface area contributed by atoms with Gasteiger partial charge >= 0.3 is 0 Å². The summed E-state index contributed by atoms with van der Waals surface area (Å²) in [6.45, 7) is 0. The van der Waals surface area contributed by atoms with Gasteiger partial charge in [0.05, 0.1) is 23.4 Å². The molecule has 0 bridgehead atoms. The van der Waals surface area contributed by atoms with Crippen LogP contribution in [0, 0.1) is 0 Å². The molecule has 0 spiro atoms. The number of nitrogens with one attached hydrogen (secondary N) is 2. The van der Waals surface area contributed by atoms with Gasteiger partial charge in [-0.2, -0.15) is 0 Å². The molecule has 0 radical (unpaired) electrons. The highest BCUT2D eigenvalue weighted by Gasteiger charge is 2.26. The van der Waals surface area contributed by atoms with Crippen LogP contribution in [0.2, 0.25) is 0 Å². The molecule has 1 aromatic heterocycles. The van der Waals surface area contributed by atoms with Crippen molar-refractivity contribution < 1.29 is 17.9 Å². The normalized spacial score (nSPS) is 13.7. The Labute approximate surface area is 172 Å². The fourth-order valence-electron chi connectivity index (χ4n) is 2.80. The maximum atomic E-state index is 12.6. The summed E-state index contributed by atoms with van der Waals surface area (Å²) < 4.78 is 32.9. The number of carbonyl (C=O) groups is 1. The molecule has 29 heavy (non-hydrogen) atoms. The number of methoxy groups -OCH3 is 1. The van der Waals surface area contributed by atoms with E-state index in [1.165, 1.54) is 42.7 Å². The molecule has 150 valence electrons. The zero-order valence-corrected chi connectivity index (χ0v) is 17.2. The largest absolute Gasteiger partial charge is 0.495 e. The molecule has 0 aliphatic heterocycles. The monoisotopic (exact) mass is 429 g/mol. The number of hydrogen-bond donors (Lipinski definition) is 2. The SMILES string of the molecule is COc1ccccc1NS(=O)(=O)c1ccc(C(=O)Nc2nc(C3CC3)cs2)cc1. The minimum Gasteiger partial charge on any atom is -0.495 e. The number of amides is 1. The summed E-state index contributed by atoms with van der Waals surface area (Å²) in [6, 6.07) is 12.5. The first-order chi connectivity index (χ1) is 14.0. The van der Waals surface area contributed by atoms with E-state index >= 15 is 0 Å². The topological polar surface area (TPSA) is 97.4 Å². The molecule has 0 saturated heterocycles. The van der Waals surface area contributed by atoms with Crippen LogP contribution in [0.25, 0.3) is 0 Å². The van der Waals surface area contributed by atoms with Gasteiger partial charge in [0.2, 0.25) is 0 Å². The third kappa shape index (κ3) is 4.41. The second-order valence-corrected chi connectivity index (χ2v) is 9.18. The summed E-state index contributed by atoms with van der Waals surface area (Å²) in [4.78, 5) is 16.9. The van der Waals surface area contributed by atoms with Gasteiger partial charge in [-0.25, -0.2) is 13.4 Å². The van der Waals surface area contributed by atoms with E-state index in [0.29, 0.717) is 28.0 Å². The average molecular weight is 430 g/mol. The number of nitrogens with zero attached hydrogens (tertiary/aromatic N) is 1. The Hall–Kier alpha value is -2.91. The van der Waals surface area contributed by atoms with Crippen molar-refractivity contribution in [2.45, 2.75) is 23.7 Å². The molecule has 1 aliphatic rings. The molecule has 1 aliphatic carbocycles. The highest BCUT2D eigenvalue weighted by molar-refractivity contribution is 7.92. The van der Waals surface area contributed by atoms with E-state index in [2.05, 4.69) is 15.0 Å². The number of carbonyl (C=O) groups excluding carboxylic acids is 1. The van der Waals surface area contributed by atoms with Crippen molar-refractivity contribution in [1.29, 1.82) is 0 Å². The fraction of sp³-hybridized carbons (Fsp3) is 0.200. The Bertz CT molecular complexity index is 1140. The number of thiazole rings is 1. The van der Waals surface area contributed by atoms with Gasteiger partial charge in [0.15, 0.2) is 5.13 Å². The summed E-state index contributed by atoms with van der Waals surface area (Å²) in [5.74, 6) is 0.613. The molecule has 3 aromatic rings. The maximum absolute atomic E-state index is 12.6. The van der Waals surface area contributed by atoms with E-state index in [9.17, 15) is 13.2 Å². The Morgan fingerprint density at radius 1 is 1.14 bits per heavy atom. The molecule has 7 nitrogen and oxygen atoms in total. The van der Waals surface area contributed by atoms with E-state index in [0.717, 1.165) is 18.5 Å². The standard InChI is InChI=1S/C20H19N3O4S2/c1-27-18-5-3-2-4-16(18)23-29(25,26)15-10-8-14(9-11-15)19(24)22-20-21-17(12-28-20)13-6-7-13/h2-5,8-13,23H,6-7H2,1H3,(H,21,22,24). The molecule has 1 heterocycles. The van der Waals surface area contributed by atoms with Crippen molar-refractivity contribution in [2.75, 3.05) is 17.1 Å². The molecule has 1 amide bonds. The van der Waals surface area contributed by atoms with Gasteiger partial charge in [0.1, 0.15) is 5.75 Å². The second kappa shape index (κ2) is 7.84. The van der Waals surface area contributed by atoms with Crippen LogP contribution in [0.5, 0.6) is 5.75 Å². The van der Waals surface area contributed by atoms with Crippen molar-refractivity contribution in [2.24, 2.45) is 0 Å². The zero-order valence-electron chi connectivity index (χ0n) is 15.6. The van der Waals surface area contributed by atoms with Crippen LogP contribution in [-0.4, -0.2) is 26.4 Å². The van der Waals surface area contributed by atoms with Crippen molar-refractivity contribution in [3.8, 4) is 5.75 Å². The first kappa shape index (κ1) is 19.4. The number of rotatable bonds is 7. The lowest BCUT2D eigenvalue weighted by molar-refractivity contribution is 0.102. The van der Waals surface area contributed by atoms with Crippen LogP contribution in [0.4, 0.5) is 10.8 Å². The van der Waals surface area contributed by atoms with Gasteiger partial charge < -0.3 is 4.74 Å². The minimum absolute atomic E-state index is 0.0465. The summed E-state index contributed by atoms with van der Waals surface area (Å²) in [5.41, 5.74) is 1.71. The molecular formula is C20H19N3O4S2. The third-order valence-corrected chi connectivity index (χ3v) is 6.67. The summed E-state index contributed by atoms with van der Waals surface area (Å²) >= 11 is 1.39. The Balaban J connectivity index is 1.46. The Morgan fingerprint density at radius 3 is 2.55 bits per heavy atom. The van der Waals surface area contributed by atoms with Crippen LogP contribution in [0.1, 0.15) is 34.8 Å². The molecular weight excluding hydrogens is 410 g/mol. The van der Waals surface area contributed by atoms with Crippen molar-refractivity contribution >= 4 is 38.1 Å². The lowest BCUT2D eigenvalue weighted by atomic mass is 10.2. The zero-order chi connectivity index (χ0) is 20.4. The maximum Gasteiger partial charge on any atom is 0.262 e.